The van der Waals surface area contributed by atoms with Gasteiger partial charge in [0.2, 0.25) is 5.91 Å². The predicted octanol–water partition coefficient (Wildman–Crippen LogP) is 6.22. The third-order valence-electron chi connectivity index (χ3n) is 5.68. The summed E-state index contributed by atoms with van der Waals surface area (Å²) in [4.78, 5) is 33.4. The number of nitrogens with zero attached hydrogens (tertiary/aromatic N) is 2. The van der Waals surface area contributed by atoms with Crippen molar-refractivity contribution in [2.24, 2.45) is 5.41 Å². The Labute approximate surface area is 208 Å². The van der Waals surface area contributed by atoms with Crippen LogP contribution in [0.3, 0.4) is 0 Å². The number of carbonyl (C=O) groups is 2. The van der Waals surface area contributed by atoms with Crippen LogP contribution < -0.4 is 10.6 Å². The molecule has 35 heavy (non-hydrogen) atoms. The van der Waals surface area contributed by atoms with Crippen molar-refractivity contribution in [3.8, 4) is 0 Å². The van der Waals surface area contributed by atoms with Crippen molar-refractivity contribution in [2.45, 2.75) is 32.0 Å². The van der Waals surface area contributed by atoms with Crippen molar-refractivity contribution in [3.63, 3.8) is 0 Å². The molecule has 0 spiro atoms. The van der Waals surface area contributed by atoms with Gasteiger partial charge in [0.15, 0.2) is 5.78 Å². The minimum Gasteiger partial charge on any atom is -0.354 e. The van der Waals surface area contributed by atoms with Gasteiger partial charge in [-0.1, -0.05) is 23.2 Å². The second kappa shape index (κ2) is 9.83. The van der Waals surface area contributed by atoms with E-state index in [1.165, 1.54) is 36.8 Å². The number of rotatable bonds is 8. The van der Waals surface area contributed by atoms with Crippen LogP contribution in [-0.2, 0) is 17.5 Å². The van der Waals surface area contributed by atoms with E-state index in [9.17, 15) is 22.8 Å². The third-order valence-corrected chi connectivity index (χ3v) is 6.12. The molecule has 11 heteroatoms. The second-order valence-electron chi connectivity index (χ2n) is 8.31. The molecular formula is C24H19Cl2F3N4O2. The van der Waals surface area contributed by atoms with Crippen molar-refractivity contribution in [1.82, 2.24) is 15.3 Å². The van der Waals surface area contributed by atoms with E-state index < -0.39 is 17.2 Å². The van der Waals surface area contributed by atoms with Crippen molar-refractivity contribution in [2.75, 3.05) is 5.32 Å². The summed E-state index contributed by atoms with van der Waals surface area (Å²) in [7, 11) is 0. The van der Waals surface area contributed by atoms with Crippen LogP contribution in [0.5, 0.6) is 0 Å². The zero-order valence-electron chi connectivity index (χ0n) is 18.1. The van der Waals surface area contributed by atoms with Crippen molar-refractivity contribution in [1.29, 1.82) is 0 Å². The molecule has 3 aromatic rings. The average molecular weight is 523 g/mol. The van der Waals surface area contributed by atoms with Crippen LogP contribution in [0.4, 0.5) is 24.5 Å². The van der Waals surface area contributed by atoms with E-state index in [1.54, 1.807) is 12.1 Å². The van der Waals surface area contributed by atoms with E-state index in [-0.39, 0.29) is 35.4 Å². The van der Waals surface area contributed by atoms with E-state index in [4.69, 9.17) is 23.2 Å². The quantitative estimate of drug-likeness (QED) is 0.343. The molecule has 0 unspecified atom stereocenters. The summed E-state index contributed by atoms with van der Waals surface area (Å²) in [6.07, 6.45) is 0.891. The molecular weight excluding hydrogens is 504 g/mol. The first-order valence-electron chi connectivity index (χ1n) is 10.6. The van der Waals surface area contributed by atoms with E-state index in [0.717, 1.165) is 6.07 Å². The summed E-state index contributed by atoms with van der Waals surface area (Å²) >= 11 is 11.6. The summed E-state index contributed by atoms with van der Waals surface area (Å²) in [5, 5.41) is 5.81. The van der Waals surface area contributed by atoms with Gasteiger partial charge in [0.1, 0.15) is 0 Å². The zero-order chi connectivity index (χ0) is 25.2. The normalized spacial score (nSPS) is 14.3. The maximum absolute atomic E-state index is 13.3. The average Bonchev–Trinajstić information content (AvgIpc) is 3.59. The SMILES string of the molecule is O=C(CC1(C(=O)NCc2ccc(Nc3ccc(Cl)cc3C(F)(F)F)cn2)CC1)c1cncc(Cl)c1. The number of hydrogen-bond donors (Lipinski definition) is 2. The number of benzene rings is 1. The molecule has 1 amide bonds. The number of alkyl halides is 3. The maximum atomic E-state index is 13.3. The molecule has 2 N–H and O–H groups in total. The number of halogens is 5. The van der Waals surface area contributed by atoms with Crippen LogP contribution >= 0.6 is 23.2 Å². The molecule has 1 saturated carbocycles. The van der Waals surface area contributed by atoms with Gasteiger partial charge in [-0.15, -0.1) is 0 Å². The topological polar surface area (TPSA) is 84.0 Å². The number of carbonyl (C=O) groups excluding carboxylic acids is 2. The molecule has 0 atom stereocenters. The molecule has 1 aliphatic rings. The molecule has 4 rings (SSSR count). The van der Waals surface area contributed by atoms with Crippen LogP contribution in [0.15, 0.2) is 55.0 Å². The highest BCUT2D eigenvalue weighted by Crippen LogP contribution is 2.49. The van der Waals surface area contributed by atoms with Crippen LogP contribution in [0.1, 0.15) is 40.9 Å². The van der Waals surface area contributed by atoms with E-state index in [1.807, 2.05) is 0 Å². The first-order chi connectivity index (χ1) is 16.6. The lowest BCUT2D eigenvalue weighted by atomic mass is 9.95. The number of hydrogen-bond acceptors (Lipinski definition) is 5. The highest BCUT2D eigenvalue weighted by Gasteiger charge is 2.51. The molecule has 2 heterocycles. The lowest BCUT2D eigenvalue weighted by molar-refractivity contribution is -0.137. The minimum atomic E-state index is -4.58. The number of Topliss-reactive ketones (excluding diaryl/α,β-unsaturated/α-hetero) is 1. The predicted molar refractivity (Wildman–Crippen MR) is 126 cm³/mol. The first-order valence-corrected chi connectivity index (χ1v) is 11.3. The van der Waals surface area contributed by atoms with Crippen LogP contribution in [0, 0.1) is 5.41 Å². The Morgan fingerprint density at radius 1 is 1.00 bits per heavy atom. The maximum Gasteiger partial charge on any atom is 0.418 e. The van der Waals surface area contributed by atoms with Crippen LogP contribution in [-0.4, -0.2) is 21.7 Å². The molecule has 6 nitrogen and oxygen atoms in total. The highest BCUT2D eigenvalue weighted by atomic mass is 35.5. The molecule has 0 saturated heterocycles. The Hall–Kier alpha value is -3.17. The van der Waals surface area contributed by atoms with Gasteiger partial charge in [-0.2, -0.15) is 13.2 Å². The van der Waals surface area contributed by atoms with Gasteiger partial charge in [-0.25, -0.2) is 0 Å². The molecule has 1 aromatic carbocycles. The number of amides is 1. The Bertz CT molecular complexity index is 1260. The number of ketones is 1. The Balaban J connectivity index is 1.35. The standard InChI is InChI=1S/C24H19Cl2F3N4O2/c25-15-1-4-20(19(8-15)24(27,28)29)33-18-3-2-17(31-13-18)12-32-22(35)23(5-6-23)9-21(34)14-7-16(26)11-30-10-14/h1-4,7-8,10-11,13,33H,5-6,9,12H2,(H,32,35). The highest BCUT2D eigenvalue weighted by molar-refractivity contribution is 6.31. The summed E-state index contributed by atoms with van der Waals surface area (Å²) < 4.78 is 39.8. The summed E-state index contributed by atoms with van der Waals surface area (Å²) in [5.74, 6) is -0.456. The van der Waals surface area contributed by atoms with Crippen LogP contribution in [0.25, 0.3) is 0 Å². The summed E-state index contributed by atoms with van der Waals surface area (Å²) in [6, 6.07) is 8.13. The van der Waals surface area contributed by atoms with Gasteiger partial charge in [0.25, 0.3) is 0 Å². The van der Waals surface area contributed by atoms with Gasteiger partial charge < -0.3 is 10.6 Å². The number of anilines is 2. The van der Waals surface area contributed by atoms with E-state index in [0.29, 0.717) is 34.8 Å². The lowest BCUT2D eigenvalue weighted by Gasteiger charge is -2.16. The van der Waals surface area contributed by atoms with Gasteiger partial charge in [-0.05, 0) is 49.2 Å². The molecule has 1 aliphatic carbocycles. The van der Waals surface area contributed by atoms with E-state index in [2.05, 4.69) is 20.6 Å². The van der Waals surface area contributed by atoms with E-state index >= 15 is 0 Å². The monoisotopic (exact) mass is 522 g/mol. The minimum absolute atomic E-state index is 0.0218. The molecule has 2 aromatic heterocycles. The van der Waals surface area contributed by atoms with Crippen molar-refractivity contribution in [3.05, 3.63) is 81.9 Å². The van der Waals surface area contributed by atoms with Crippen molar-refractivity contribution < 1.29 is 22.8 Å². The van der Waals surface area contributed by atoms with Gasteiger partial charge in [0.05, 0.1) is 45.8 Å². The van der Waals surface area contributed by atoms with Crippen molar-refractivity contribution >= 4 is 46.3 Å². The fraction of sp³-hybridized carbons (Fsp3) is 0.250. The molecule has 182 valence electrons. The number of nitrogens with one attached hydrogen (secondary N) is 2. The fourth-order valence-corrected chi connectivity index (χ4v) is 3.93. The second-order valence-corrected chi connectivity index (χ2v) is 9.18. The molecule has 0 radical (unpaired) electrons. The fourth-order valence-electron chi connectivity index (χ4n) is 3.59. The summed E-state index contributed by atoms with van der Waals surface area (Å²) in [5.41, 5.74) is -0.594. The number of pyridine rings is 2. The number of aromatic nitrogens is 2. The molecule has 0 bridgehead atoms. The first kappa shape index (κ1) is 24.9. The Kier molecular flexibility index (Phi) is 7.00. The zero-order valence-corrected chi connectivity index (χ0v) is 19.6. The third kappa shape index (κ3) is 6.10. The largest absolute Gasteiger partial charge is 0.418 e. The van der Waals surface area contributed by atoms with Crippen LogP contribution in [0.2, 0.25) is 10.0 Å². The lowest BCUT2D eigenvalue weighted by Crippen LogP contribution is -2.33. The Morgan fingerprint density at radius 2 is 1.77 bits per heavy atom. The van der Waals surface area contributed by atoms with Gasteiger partial charge >= 0.3 is 6.18 Å². The molecule has 0 aliphatic heterocycles. The smallest absolute Gasteiger partial charge is 0.354 e. The molecule has 1 fully saturated rings. The Morgan fingerprint density at radius 3 is 2.40 bits per heavy atom. The van der Waals surface area contributed by atoms with Gasteiger partial charge in [-0.3, -0.25) is 19.6 Å². The van der Waals surface area contributed by atoms with Gasteiger partial charge in [0, 0.05) is 29.4 Å². The summed E-state index contributed by atoms with van der Waals surface area (Å²) in [6.45, 7) is 0.114.